The molecule has 5 rings (SSSR count). The van der Waals surface area contributed by atoms with Crippen molar-refractivity contribution in [3.05, 3.63) is 119 Å². The number of rotatable bonds is 5. The molecule has 1 aliphatic heterocycles. The third-order valence-corrected chi connectivity index (χ3v) is 7.58. The molecule has 1 fully saturated rings. The molecule has 0 aromatic heterocycles. The van der Waals surface area contributed by atoms with Crippen LogP contribution in [0.25, 0.3) is 0 Å². The van der Waals surface area contributed by atoms with Crippen LogP contribution in [0.2, 0.25) is 0 Å². The molecule has 3 nitrogen and oxygen atoms in total. The number of fused-ring (bicyclic) bond motifs is 2. The standard InChI is InChI=1S/C31H33NO2/c1-2-34-30(33)31(26-12-4-3-5-13-26)19-22-32(23-20-31)21-18-29-27-14-8-6-10-24(27)16-17-25-11-7-9-15-28(25)29/h3-15,18,21,29H,2,16-17,19-20,22-23H2,1H3/b21-18+. The molecule has 34 heavy (non-hydrogen) atoms. The van der Waals surface area contributed by atoms with Crippen LogP contribution >= 0.6 is 0 Å². The molecule has 0 unspecified atom stereocenters. The Morgan fingerprint density at radius 1 is 0.882 bits per heavy atom. The molecule has 0 amide bonds. The molecule has 3 aromatic carbocycles. The van der Waals surface area contributed by atoms with Crippen LogP contribution in [-0.2, 0) is 27.8 Å². The molecular formula is C31H33NO2. The molecule has 3 aromatic rings. The predicted octanol–water partition coefficient (Wildman–Crippen LogP) is 6.03. The summed E-state index contributed by atoms with van der Waals surface area (Å²) in [6, 6.07) is 27.9. The van der Waals surface area contributed by atoms with E-state index in [2.05, 4.69) is 77.8 Å². The van der Waals surface area contributed by atoms with Crippen LogP contribution < -0.4 is 0 Å². The van der Waals surface area contributed by atoms with E-state index in [9.17, 15) is 4.79 Å². The van der Waals surface area contributed by atoms with Crippen molar-refractivity contribution < 1.29 is 9.53 Å². The van der Waals surface area contributed by atoms with Crippen molar-refractivity contribution >= 4 is 5.97 Å². The Bertz CT molecular complexity index is 1110. The zero-order chi connectivity index (χ0) is 23.4. The summed E-state index contributed by atoms with van der Waals surface area (Å²) in [6.07, 6.45) is 8.32. The topological polar surface area (TPSA) is 29.5 Å². The lowest BCUT2D eigenvalue weighted by Gasteiger charge is -2.40. The molecule has 0 atom stereocenters. The summed E-state index contributed by atoms with van der Waals surface area (Å²) >= 11 is 0. The van der Waals surface area contributed by atoms with Crippen molar-refractivity contribution in [2.24, 2.45) is 0 Å². The maximum Gasteiger partial charge on any atom is 0.316 e. The van der Waals surface area contributed by atoms with Gasteiger partial charge in [-0.25, -0.2) is 0 Å². The molecule has 0 N–H and O–H groups in total. The zero-order valence-corrected chi connectivity index (χ0v) is 20.0. The van der Waals surface area contributed by atoms with Gasteiger partial charge < -0.3 is 9.64 Å². The number of likely N-dealkylation sites (tertiary alicyclic amines) is 1. The number of carbonyl (C=O) groups is 1. The van der Waals surface area contributed by atoms with Crippen molar-refractivity contribution in [3.8, 4) is 0 Å². The minimum absolute atomic E-state index is 0.0866. The smallest absolute Gasteiger partial charge is 0.316 e. The van der Waals surface area contributed by atoms with Gasteiger partial charge >= 0.3 is 5.97 Å². The summed E-state index contributed by atoms with van der Waals surface area (Å²) in [6.45, 7) is 3.97. The van der Waals surface area contributed by atoms with Crippen LogP contribution in [-0.4, -0.2) is 30.6 Å². The second-order valence-electron chi connectivity index (χ2n) is 9.42. The Morgan fingerprint density at radius 2 is 1.44 bits per heavy atom. The van der Waals surface area contributed by atoms with E-state index < -0.39 is 5.41 Å². The van der Waals surface area contributed by atoms with E-state index in [1.165, 1.54) is 22.3 Å². The summed E-state index contributed by atoms with van der Waals surface area (Å²) in [7, 11) is 0. The molecule has 0 saturated carbocycles. The first-order valence-electron chi connectivity index (χ1n) is 12.5. The van der Waals surface area contributed by atoms with Crippen LogP contribution in [0.1, 0.15) is 53.5 Å². The Balaban J connectivity index is 1.39. The van der Waals surface area contributed by atoms with E-state index in [-0.39, 0.29) is 11.9 Å². The molecule has 2 aliphatic rings. The molecule has 1 saturated heterocycles. The summed E-state index contributed by atoms with van der Waals surface area (Å²) < 4.78 is 5.55. The Kier molecular flexibility index (Phi) is 6.53. The number of hydrogen-bond acceptors (Lipinski definition) is 3. The minimum atomic E-state index is -0.552. The first kappa shape index (κ1) is 22.5. The molecule has 1 heterocycles. The third kappa shape index (κ3) is 4.27. The molecule has 0 spiro atoms. The highest BCUT2D eigenvalue weighted by atomic mass is 16.5. The maximum atomic E-state index is 13.1. The molecule has 0 bridgehead atoms. The third-order valence-electron chi connectivity index (χ3n) is 7.58. The van der Waals surface area contributed by atoms with Gasteiger partial charge in [-0.1, -0.05) is 84.9 Å². The largest absolute Gasteiger partial charge is 0.465 e. The monoisotopic (exact) mass is 451 g/mol. The van der Waals surface area contributed by atoms with Crippen LogP contribution in [0.15, 0.2) is 91.1 Å². The van der Waals surface area contributed by atoms with Gasteiger partial charge in [-0.15, -0.1) is 0 Å². The quantitative estimate of drug-likeness (QED) is 0.444. The number of nitrogens with zero attached hydrogens (tertiary/aromatic N) is 1. The summed E-state index contributed by atoms with van der Waals surface area (Å²) in [5, 5.41) is 0. The lowest BCUT2D eigenvalue weighted by molar-refractivity contribution is -0.152. The van der Waals surface area contributed by atoms with Gasteiger partial charge in [-0.2, -0.15) is 0 Å². The van der Waals surface area contributed by atoms with E-state index in [1.54, 1.807) is 0 Å². The highest BCUT2D eigenvalue weighted by Gasteiger charge is 2.43. The number of esters is 1. The Labute approximate surface area is 203 Å². The average molecular weight is 452 g/mol. The second-order valence-corrected chi connectivity index (χ2v) is 9.42. The summed E-state index contributed by atoms with van der Waals surface area (Å²) in [4.78, 5) is 15.5. The highest BCUT2D eigenvalue weighted by Crippen LogP contribution is 2.38. The van der Waals surface area contributed by atoms with Gasteiger partial charge in [0, 0.05) is 19.0 Å². The van der Waals surface area contributed by atoms with Gasteiger partial charge in [0.2, 0.25) is 0 Å². The van der Waals surface area contributed by atoms with Crippen LogP contribution in [0.5, 0.6) is 0 Å². The normalized spacial score (nSPS) is 17.6. The van der Waals surface area contributed by atoms with Crippen molar-refractivity contribution in [2.75, 3.05) is 19.7 Å². The number of piperidine rings is 1. The lowest BCUT2D eigenvalue weighted by atomic mass is 9.72. The first-order chi connectivity index (χ1) is 16.7. The van der Waals surface area contributed by atoms with E-state index >= 15 is 0 Å². The SMILES string of the molecule is CCOC(=O)C1(c2ccccc2)CCN(/C=C/C2c3ccccc3CCc3ccccc32)CC1. The molecule has 0 radical (unpaired) electrons. The fraction of sp³-hybridized carbons (Fsp3) is 0.323. The number of benzene rings is 3. The van der Waals surface area contributed by atoms with Crippen molar-refractivity contribution in [1.82, 2.24) is 4.90 Å². The highest BCUT2D eigenvalue weighted by molar-refractivity contribution is 5.83. The molecule has 3 heteroatoms. The first-order valence-corrected chi connectivity index (χ1v) is 12.5. The summed E-state index contributed by atoms with van der Waals surface area (Å²) in [5.41, 5.74) is 6.22. The van der Waals surface area contributed by atoms with Gasteiger partial charge in [0.05, 0.1) is 12.0 Å². The number of aryl methyl sites for hydroxylation is 2. The van der Waals surface area contributed by atoms with E-state index in [1.807, 2.05) is 25.1 Å². The van der Waals surface area contributed by atoms with Gasteiger partial charge in [-0.05, 0) is 66.6 Å². The Morgan fingerprint density at radius 3 is 2.03 bits per heavy atom. The van der Waals surface area contributed by atoms with E-state index in [4.69, 9.17) is 4.74 Å². The predicted molar refractivity (Wildman–Crippen MR) is 137 cm³/mol. The van der Waals surface area contributed by atoms with Crippen LogP contribution in [0, 0.1) is 0 Å². The number of hydrogen-bond donors (Lipinski definition) is 0. The van der Waals surface area contributed by atoms with E-state index in [0.29, 0.717) is 6.61 Å². The number of carbonyl (C=O) groups excluding carboxylic acids is 1. The minimum Gasteiger partial charge on any atom is -0.465 e. The van der Waals surface area contributed by atoms with Gasteiger partial charge in [0.15, 0.2) is 0 Å². The number of allylic oxidation sites excluding steroid dienone is 1. The fourth-order valence-electron chi connectivity index (χ4n) is 5.67. The summed E-state index contributed by atoms with van der Waals surface area (Å²) in [5.74, 6) is 0.164. The molecular weight excluding hydrogens is 418 g/mol. The Hall–Kier alpha value is -3.33. The van der Waals surface area contributed by atoms with Crippen molar-refractivity contribution in [2.45, 2.75) is 43.9 Å². The van der Waals surface area contributed by atoms with Crippen molar-refractivity contribution in [3.63, 3.8) is 0 Å². The van der Waals surface area contributed by atoms with Crippen LogP contribution in [0.3, 0.4) is 0 Å². The zero-order valence-electron chi connectivity index (χ0n) is 20.0. The lowest BCUT2D eigenvalue weighted by Crippen LogP contribution is -2.46. The fourth-order valence-corrected chi connectivity index (χ4v) is 5.67. The van der Waals surface area contributed by atoms with Gasteiger partial charge in [-0.3, -0.25) is 4.79 Å². The second kappa shape index (κ2) is 9.89. The molecule has 174 valence electrons. The van der Waals surface area contributed by atoms with Gasteiger partial charge in [0.1, 0.15) is 0 Å². The van der Waals surface area contributed by atoms with Crippen molar-refractivity contribution in [1.29, 1.82) is 0 Å². The van der Waals surface area contributed by atoms with Crippen LogP contribution in [0.4, 0.5) is 0 Å². The number of ether oxygens (including phenoxy) is 1. The van der Waals surface area contributed by atoms with E-state index in [0.717, 1.165) is 44.3 Å². The van der Waals surface area contributed by atoms with Gasteiger partial charge in [0.25, 0.3) is 0 Å². The maximum absolute atomic E-state index is 13.1. The molecule has 1 aliphatic carbocycles. The average Bonchev–Trinajstić information content (AvgIpc) is 3.05.